The molecule has 0 saturated heterocycles. The Labute approximate surface area is 137 Å². The Hall–Kier alpha value is -1.31. The zero-order chi connectivity index (χ0) is 16.9. The molecule has 22 heavy (non-hydrogen) atoms. The van der Waals surface area contributed by atoms with E-state index in [-0.39, 0.29) is 5.91 Å². The Kier molecular flexibility index (Phi) is 6.65. The van der Waals surface area contributed by atoms with Gasteiger partial charge in [-0.25, -0.2) is 8.42 Å². The van der Waals surface area contributed by atoms with Gasteiger partial charge in [0.1, 0.15) is 6.04 Å². The second kappa shape index (κ2) is 7.80. The number of hydrogen-bond donors (Lipinski definition) is 1. The number of sulfonamides is 1. The maximum Gasteiger partial charge on any atom is 0.243 e. The molecular weight excluding hydrogens is 326 g/mol. The van der Waals surface area contributed by atoms with Crippen LogP contribution in [0.5, 0.6) is 0 Å². The Morgan fingerprint density at radius 1 is 1.36 bits per heavy atom. The highest BCUT2D eigenvalue weighted by Crippen LogP contribution is 2.24. The van der Waals surface area contributed by atoms with Gasteiger partial charge in [-0.3, -0.25) is 9.10 Å². The molecule has 0 aromatic heterocycles. The van der Waals surface area contributed by atoms with Crippen LogP contribution >= 0.6 is 11.6 Å². The fraction of sp³-hybridized carbons (Fsp3) is 0.500. The van der Waals surface area contributed by atoms with Crippen LogP contribution in [0.3, 0.4) is 0 Å². The lowest BCUT2D eigenvalue weighted by atomic mass is 10.2. The van der Waals surface area contributed by atoms with Gasteiger partial charge in [0.15, 0.2) is 0 Å². The van der Waals surface area contributed by atoms with E-state index in [4.69, 9.17) is 11.6 Å². The number of rotatable bonds is 7. The zero-order valence-electron chi connectivity index (χ0n) is 13.2. The predicted octanol–water partition coefficient (Wildman–Crippen LogP) is 1.17. The topological polar surface area (TPSA) is 69.7 Å². The lowest BCUT2D eigenvalue weighted by molar-refractivity contribution is -0.121. The number of benzene rings is 1. The summed E-state index contributed by atoms with van der Waals surface area (Å²) in [5.41, 5.74) is 0.366. The SMILES string of the molecule is C[C@@H](C(=O)NCCN(C)C)N(c1cccc(Cl)c1)S(C)(=O)=O. The molecule has 0 saturated carbocycles. The van der Waals surface area contributed by atoms with Crippen molar-refractivity contribution in [3.63, 3.8) is 0 Å². The number of carbonyl (C=O) groups is 1. The molecule has 0 fully saturated rings. The van der Waals surface area contributed by atoms with Crippen LogP contribution in [-0.2, 0) is 14.8 Å². The van der Waals surface area contributed by atoms with Crippen molar-refractivity contribution in [3.05, 3.63) is 29.3 Å². The quantitative estimate of drug-likeness (QED) is 0.804. The number of amides is 1. The van der Waals surface area contributed by atoms with Crippen LogP contribution < -0.4 is 9.62 Å². The molecule has 0 aliphatic heterocycles. The summed E-state index contributed by atoms with van der Waals surface area (Å²) in [4.78, 5) is 14.1. The molecular formula is C14H22ClN3O3S. The summed E-state index contributed by atoms with van der Waals surface area (Å²) in [6.07, 6.45) is 1.07. The molecule has 0 aliphatic rings. The van der Waals surface area contributed by atoms with Crippen molar-refractivity contribution in [1.29, 1.82) is 0 Å². The first-order chi connectivity index (χ1) is 10.1. The Morgan fingerprint density at radius 3 is 2.50 bits per heavy atom. The standard InChI is InChI=1S/C14H22ClN3O3S/c1-11(14(19)16-8-9-17(2)3)18(22(4,20)21)13-7-5-6-12(15)10-13/h5-7,10-11H,8-9H2,1-4H3,(H,16,19)/t11-/m0/s1. The van der Waals surface area contributed by atoms with Crippen LogP contribution in [0.15, 0.2) is 24.3 Å². The van der Waals surface area contributed by atoms with Crippen molar-refractivity contribution in [2.24, 2.45) is 0 Å². The summed E-state index contributed by atoms with van der Waals surface area (Å²) in [5.74, 6) is -0.354. The maximum absolute atomic E-state index is 12.2. The third kappa shape index (κ3) is 5.47. The third-order valence-electron chi connectivity index (χ3n) is 3.01. The molecule has 1 aromatic rings. The Balaban J connectivity index is 2.96. The fourth-order valence-electron chi connectivity index (χ4n) is 1.97. The molecule has 1 aromatic carbocycles. The molecule has 0 radical (unpaired) electrons. The van der Waals surface area contributed by atoms with Gasteiger partial charge in [0.2, 0.25) is 15.9 Å². The first kappa shape index (κ1) is 18.7. The smallest absolute Gasteiger partial charge is 0.243 e. The minimum absolute atomic E-state index is 0.354. The lowest BCUT2D eigenvalue weighted by Gasteiger charge is -2.28. The molecule has 8 heteroatoms. The molecule has 0 bridgehead atoms. The average molecular weight is 348 g/mol. The highest BCUT2D eigenvalue weighted by Gasteiger charge is 2.28. The van der Waals surface area contributed by atoms with Crippen LogP contribution in [-0.4, -0.2) is 58.7 Å². The van der Waals surface area contributed by atoms with E-state index in [2.05, 4.69) is 5.32 Å². The molecule has 1 atom stereocenters. The van der Waals surface area contributed by atoms with Gasteiger partial charge >= 0.3 is 0 Å². The molecule has 1 N–H and O–H groups in total. The molecule has 0 aliphatic carbocycles. The van der Waals surface area contributed by atoms with Gasteiger partial charge in [0, 0.05) is 18.1 Å². The van der Waals surface area contributed by atoms with Gasteiger partial charge in [0.25, 0.3) is 0 Å². The molecule has 1 rings (SSSR count). The van der Waals surface area contributed by atoms with Crippen molar-refractivity contribution in [1.82, 2.24) is 10.2 Å². The molecule has 0 spiro atoms. The van der Waals surface area contributed by atoms with E-state index in [9.17, 15) is 13.2 Å². The summed E-state index contributed by atoms with van der Waals surface area (Å²) in [6.45, 7) is 2.67. The third-order valence-corrected chi connectivity index (χ3v) is 4.49. The van der Waals surface area contributed by atoms with Gasteiger partial charge in [-0.1, -0.05) is 17.7 Å². The van der Waals surface area contributed by atoms with Gasteiger partial charge in [-0.15, -0.1) is 0 Å². The number of likely N-dealkylation sites (N-methyl/N-ethyl adjacent to an activating group) is 1. The van der Waals surface area contributed by atoms with Crippen molar-refractivity contribution in [2.75, 3.05) is 37.7 Å². The van der Waals surface area contributed by atoms with Gasteiger partial charge in [-0.05, 0) is 39.2 Å². The summed E-state index contributed by atoms with van der Waals surface area (Å²) < 4.78 is 25.2. The maximum atomic E-state index is 12.2. The van der Waals surface area contributed by atoms with Crippen LogP contribution in [0.25, 0.3) is 0 Å². The van der Waals surface area contributed by atoms with Gasteiger partial charge < -0.3 is 10.2 Å². The Bertz CT molecular complexity index is 620. The number of nitrogens with zero attached hydrogens (tertiary/aromatic N) is 2. The highest BCUT2D eigenvalue weighted by molar-refractivity contribution is 7.92. The van der Waals surface area contributed by atoms with Crippen LogP contribution in [0.4, 0.5) is 5.69 Å². The van der Waals surface area contributed by atoms with Crippen LogP contribution in [0.2, 0.25) is 5.02 Å². The normalized spacial score (nSPS) is 13.0. The minimum Gasteiger partial charge on any atom is -0.353 e. The van der Waals surface area contributed by atoms with E-state index in [1.54, 1.807) is 25.1 Å². The molecule has 6 nitrogen and oxygen atoms in total. The monoisotopic (exact) mass is 347 g/mol. The zero-order valence-corrected chi connectivity index (χ0v) is 14.8. The second-order valence-electron chi connectivity index (χ2n) is 5.31. The molecule has 0 unspecified atom stereocenters. The second-order valence-corrected chi connectivity index (χ2v) is 7.60. The van der Waals surface area contributed by atoms with E-state index in [0.717, 1.165) is 10.6 Å². The molecule has 0 heterocycles. The fourth-order valence-corrected chi connectivity index (χ4v) is 3.32. The lowest BCUT2D eigenvalue weighted by Crippen LogP contribution is -2.48. The minimum atomic E-state index is -3.62. The van der Waals surface area contributed by atoms with Gasteiger partial charge in [0.05, 0.1) is 11.9 Å². The van der Waals surface area contributed by atoms with E-state index in [1.165, 1.54) is 6.07 Å². The van der Waals surface area contributed by atoms with Crippen molar-refractivity contribution >= 4 is 33.2 Å². The number of hydrogen-bond acceptors (Lipinski definition) is 4. The summed E-state index contributed by atoms with van der Waals surface area (Å²) >= 11 is 5.91. The number of carbonyl (C=O) groups excluding carboxylic acids is 1. The van der Waals surface area contributed by atoms with Crippen LogP contribution in [0.1, 0.15) is 6.92 Å². The van der Waals surface area contributed by atoms with E-state index >= 15 is 0 Å². The summed E-state index contributed by atoms with van der Waals surface area (Å²) in [6, 6.07) is 5.55. The first-order valence-electron chi connectivity index (χ1n) is 6.80. The van der Waals surface area contributed by atoms with Crippen LogP contribution in [0, 0.1) is 0 Å². The largest absolute Gasteiger partial charge is 0.353 e. The van der Waals surface area contributed by atoms with E-state index in [0.29, 0.717) is 23.8 Å². The van der Waals surface area contributed by atoms with Crippen molar-refractivity contribution in [2.45, 2.75) is 13.0 Å². The Morgan fingerprint density at radius 2 is 2.00 bits per heavy atom. The molecule has 124 valence electrons. The number of nitrogens with one attached hydrogen (secondary N) is 1. The number of halogens is 1. The van der Waals surface area contributed by atoms with Crippen molar-refractivity contribution < 1.29 is 13.2 Å². The average Bonchev–Trinajstić information content (AvgIpc) is 2.36. The number of anilines is 1. The summed E-state index contributed by atoms with van der Waals surface area (Å²) in [5, 5.41) is 3.14. The molecule has 1 amide bonds. The summed E-state index contributed by atoms with van der Waals surface area (Å²) in [7, 11) is 0.170. The first-order valence-corrected chi connectivity index (χ1v) is 9.03. The van der Waals surface area contributed by atoms with Crippen molar-refractivity contribution in [3.8, 4) is 0 Å². The van der Waals surface area contributed by atoms with Gasteiger partial charge in [-0.2, -0.15) is 0 Å². The predicted molar refractivity (Wildman–Crippen MR) is 89.8 cm³/mol. The van der Waals surface area contributed by atoms with E-state index < -0.39 is 16.1 Å². The highest BCUT2D eigenvalue weighted by atomic mass is 35.5. The van der Waals surface area contributed by atoms with E-state index in [1.807, 2.05) is 19.0 Å².